The Morgan fingerprint density at radius 3 is 2.81 bits per heavy atom. The van der Waals surface area contributed by atoms with Gasteiger partial charge in [-0.1, -0.05) is 19.1 Å². The fourth-order valence-corrected chi connectivity index (χ4v) is 3.05. The molecule has 1 saturated heterocycles. The molecular weight excluding hydrogens is 260 g/mol. The van der Waals surface area contributed by atoms with Crippen LogP contribution in [0.4, 0.5) is 0 Å². The number of likely N-dealkylation sites (N-methyl/N-ethyl adjacent to an activating group) is 1. The Hall–Kier alpha value is -1.65. The Morgan fingerprint density at radius 1 is 1.33 bits per heavy atom. The van der Waals surface area contributed by atoms with Gasteiger partial charge in [0.25, 0.3) is 0 Å². The summed E-state index contributed by atoms with van der Waals surface area (Å²) in [7, 11) is 0. The van der Waals surface area contributed by atoms with Gasteiger partial charge >= 0.3 is 0 Å². The van der Waals surface area contributed by atoms with Crippen LogP contribution in [0.3, 0.4) is 0 Å². The average molecular weight is 284 g/mol. The number of hydrogen-bond acceptors (Lipinski definition) is 3. The van der Waals surface area contributed by atoms with Gasteiger partial charge in [0.15, 0.2) is 0 Å². The van der Waals surface area contributed by atoms with Gasteiger partial charge in [0.1, 0.15) is 0 Å². The maximum Gasteiger partial charge on any atom is 0.0645 e. The van der Waals surface area contributed by atoms with Gasteiger partial charge in [-0.15, -0.1) is 0 Å². The van der Waals surface area contributed by atoms with E-state index in [2.05, 4.69) is 46.5 Å². The molecule has 21 heavy (non-hydrogen) atoms. The first-order valence-corrected chi connectivity index (χ1v) is 7.90. The van der Waals surface area contributed by atoms with Crippen molar-refractivity contribution in [2.24, 2.45) is 0 Å². The van der Waals surface area contributed by atoms with Crippen LogP contribution in [0.1, 0.15) is 25.3 Å². The highest BCUT2D eigenvalue weighted by atomic mass is 15.3. The van der Waals surface area contributed by atoms with Crippen LogP contribution in [0.5, 0.6) is 0 Å². The van der Waals surface area contributed by atoms with Gasteiger partial charge in [-0.3, -0.25) is 4.90 Å². The molecule has 4 heteroatoms. The molecule has 1 atom stereocenters. The quantitative estimate of drug-likeness (QED) is 0.915. The van der Waals surface area contributed by atoms with E-state index in [4.69, 9.17) is 0 Å². The Bertz CT molecular complexity index is 526. The van der Waals surface area contributed by atoms with Crippen molar-refractivity contribution >= 4 is 0 Å². The fraction of sp³-hybridized carbons (Fsp3) is 0.471. The molecule has 0 radical (unpaired) electrons. The third-order valence-corrected chi connectivity index (χ3v) is 4.28. The van der Waals surface area contributed by atoms with Crippen molar-refractivity contribution in [3.8, 4) is 5.69 Å². The highest BCUT2D eigenvalue weighted by Crippen LogP contribution is 2.15. The van der Waals surface area contributed by atoms with E-state index >= 15 is 0 Å². The van der Waals surface area contributed by atoms with E-state index in [1.165, 1.54) is 24.9 Å². The van der Waals surface area contributed by atoms with Gasteiger partial charge in [0, 0.05) is 31.5 Å². The summed E-state index contributed by atoms with van der Waals surface area (Å²) in [5, 5.41) is 7.77. The Morgan fingerprint density at radius 2 is 2.19 bits per heavy atom. The number of aromatic nitrogens is 2. The topological polar surface area (TPSA) is 33.1 Å². The van der Waals surface area contributed by atoms with Crippen LogP contribution >= 0.6 is 0 Å². The average Bonchev–Trinajstić information content (AvgIpc) is 3.08. The molecule has 0 saturated carbocycles. The number of piperidine rings is 1. The van der Waals surface area contributed by atoms with Crippen molar-refractivity contribution in [1.29, 1.82) is 0 Å². The maximum absolute atomic E-state index is 4.26. The van der Waals surface area contributed by atoms with Crippen molar-refractivity contribution in [2.75, 3.05) is 19.6 Å². The summed E-state index contributed by atoms with van der Waals surface area (Å²) < 4.78 is 1.90. The lowest BCUT2D eigenvalue weighted by molar-refractivity contribution is 0.166. The standard InChI is InChI=1S/C17H24N4/c1-2-20(17-5-3-10-18-13-17)14-15-6-8-16(9-7-15)21-12-4-11-19-21/h4,6-9,11-12,17-18H,2-3,5,10,13-14H2,1H3. The minimum atomic E-state index is 0.676. The first kappa shape index (κ1) is 14.3. The summed E-state index contributed by atoms with van der Waals surface area (Å²) in [5.74, 6) is 0. The largest absolute Gasteiger partial charge is 0.315 e. The normalized spacial score (nSPS) is 19.0. The summed E-state index contributed by atoms with van der Waals surface area (Å²) in [5.41, 5.74) is 2.49. The molecule has 1 aromatic carbocycles. The monoisotopic (exact) mass is 284 g/mol. The van der Waals surface area contributed by atoms with Gasteiger partial charge in [-0.2, -0.15) is 5.10 Å². The van der Waals surface area contributed by atoms with Crippen LogP contribution in [-0.4, -0.2) is 40.4 Å². The Kier molecular flexibility index (Phi) is 4.68. The van der Waals surface area contributed by atoms with E-state index in [0.29, 0.717) is 6.04 Å². The lowest BCUT2D eigenvalue weighted by Gasteiger charge is -2.34. The lowest BCUT2D eigenvalue weighted by Crippen LogP contribution is -2.45. The molecule has 3 rings (SSSR count). The molecular formula is C17H24N4. The number of benzene rings is 1. The van der Waals surface area contributed by atoms with Crippen LogP contribution in [0.25, 0.3) is 5.69 Å². The van der Waals surface area contributed by atoms with Crippen LogP contribution in [0.2, 0.25) is 0 Å². The maximum atomic E-state index is 4.26. The molecule has 1 aliphatic heterocycles. The molecule has 2 heterocycles. The van der Waals surface area contributed by atoms with E-state index < -0.39 is 0 Å². The smallest absolute Gasteiger partial charge is 0.0645 e. The summed E-state index contributed by atoms with van der Waals surface area (Å²) in [6.45, 7) is 6.69. The molecule has 1 N–H and O–H groups in total. The molecule has 0 spiro atoms. The number of nitrogens with zero attached hydrogens (tertiary/aromatic N) is 3. The van der Waals surface area contributed by atoms with E-state index in [1.54, 1.807) is 0 Å². The molecule has 1 aromatic heterocycles. The minimum absolute atomic E-state index is 0.676. The van der Waals surface area contributed by atoms with E-state index in [9.17, 15) is 0 Å². The highest BCUT2D eigenvalue weighted by molar-refractivity contribution is 5.33. The highest BCUT2D eigenvalue weighted by Gasteiger charge is 2.19. The van der Waals surface area contributed by atoms with Crippen molar-refractivity contribution in [3.63, 3.8) is 0 Å². The molecule has 0 aliphatic carbocycles. The molecule has 0 bridgehead atoms. The molecule has 4 nitrogen and oxygen atoms in total. The molecule has 1 aliphatic rings. The zero-order valence-corrected chi connectivity index (χ0v) is 12.7. The minimum Gasteiger partial charge on any atom is -0.315 e. The summed E-state index contributed by atoms with van der Waals surface area (Å²) in [6, 6.07) is 11.4. The van der Waals surface area contributed by atoms with Gasteiger partial charge in [-0.25, -0.2) is 4.68 Å². The third-order valence-electron chi connectivity index (χ3n) is 4.28. The zero-order valence-electron chi connectivity index (χ0n) is 12.7. The molecule has 1 unspecified atom stereocenters. The van der Waals surface area contributed by atoms with E-state index in [1.807, 2.05) is 23.1 Å². The predicted molar refractivity (Wildman–Crippen MR) is 85.5 cm³/mol. The van der Waals surface area contributed by atoms with Gasteiger partial charge in [0.2, 0.25) is 0 Å². The molecule has 2 aromatic rings. The van der Waals surface area contributed by atoms with Gasteiger partial charge in [0.05, 0.1) is 5.69 Å². The van der Waals surface area contributed by atoms with Crippen molar-refractivity contribution < 1.29 is 0 Å². The van der Waals surface area contributed by atoms with Crippen molar-refractivity contribution in [2.45, 2.75) is 32.4 Å². The third kappa shape index (κ3) is 3.52. The molecule has 0 amide bonds. The summed E-state index contributed by atoms with van der Waals surface area (Å²) >= 11 is 0. The molecule has 1 fully saturated rings. The van der Waals surface area contributed by atoms with Crippen LogP contribution in [0, 0.1) is 0 Å². The second kappa shape index (κ2) is 6.87. The molecule has 112 valence electrons. The van der Waals surface area contributed by atoms with E-state index in [0.717, 1.165) is 25.3 Å². The van der Waals surface area contributed by atoms with E-state index in [-0.39, 0.29) is 0 Å². The Labute approximate surface area is 126 Å². The summed E-state index contributed by atoms with van der Waals surface area (Å²) in [4.78, 5) is 2.58. The second-order valence-electron chi connectivity index (χ2n) is 5.68. The van der Waals surface area contributed by atoms with Crippen LogP contribution in [-0.2, 0) is 6.54 Å². The number of rotatable bonds is 5. The lowest BCUT2D eigenvalue weighted by atomic mass is 10.0. The Balaban J connectivity index is 1.66. The SMILES string of the molecule is CCN(Cc1ccc(-n2cccn2)cc1)C1CCCNC1. The first-order chi connectivity index (χ1) is 10.4. The zero-order chi connectivity index (χ0) is 14.5. The number of hydrogen-bond donors (Lipinski definition) is 1. The van der Waals surface area contributed by atoms with Crippen LogP contribution in [0.15, 0.2) is 42.7 Å². The van der Waals surface area contributed by atoms with Crippen LogP contribution < -0.4 is 5.32 Å². The van der Waals surface area contributed by atoms with Gasteiger partial charge in [-0.05, 0) is 49.7 Å². The second-order valence-corrected chi connectivity index (χ2v) is 5.68. The van der Waals surface area contributed by atoms with Crippen molar-refractivity contribution in [3.05, 3.63) is 48.3 Å². The fourth-order valence-electron chi connectivity index (χ4n) is 3.05. The van der Waals surface area contributed by atoms with Gasteiger partial charge < -0.3 is 5.32 Å². The predicted octanol–water partition coefficient (Wildman–Crippen LogP) is 2.45. The summed E-state index contributed by atoms with van der Waals surface area (Å²) in [6.07, 6.45) is 6.38. The van der Waals surface area contributed by atoms with Crippen molar-refractivity contribution in [1.82, 2.24) is 20.0 Å². The number of nitrogens with one attached hydrogen (secondary N) is 1. The first-order valence-electron chi connectivity index (χ1n) is 7.90.